The molecule has 0 N–H and O–H groups in total. The molecule has 4 aromatic rings. The molecule has 0 saturated carbocycles. The summed E-state index contributed by atoms with van der Waals surface area (Å²) < 4.78 is 1.25. The van der Waals surface area contributed by atoms with Crippen LogP contribution >= 0.6 is 0 Å². The standard InChI is InChI=1S/C46H54Si.2ClH.Zr/c1-29(2)39-27-33-15-13-17-37(31-19-23-35(24-20-31)45(5,6)7)41(33)43(39)47(11,12)44-40(30(3)4)28-34-16-14-18-38(42(34)44)32-21-25-36(26-22-32)46(8,9)10;;;/h13-30H,1-12H3;2*1H;/q;;;+2/p-2. The molecule has 7 rings (SSSR count). The molecule has 4 heteroatoms. The van der Waals surface area contributed by atoms with Gasteiger partial charge in [-0.25, -0.2) is 0 Å². The summed E-state index contributed by atoms with van der Waals surface area (Å²) in [5.74, 6) is 1.10. The minimum atomic E-state index is -2.23. The Morgan fingerprint density at radius 3 is 1.16 bits per heavy atom. The average Bonchev–Trinajstić information content (AvgIpc) is 3.56. The number of allylic oxidation sites excluding steroid dienone is 2. The van der Waals surface area contributed by atoms with Crippen LogP contribution in [-0.4, -0.2) is 8.07 Å². The van der Waals surface area contributed by atoms with Crippen LogP contribution < -0.4 is 24.8 Å². The van der Waals surface area contributed by atoms with Crippen LogP contribution in [0.1, 0.15) is 110 Å². The number of hydrogen-bond donors (Lipinski definition) is 0. The zero-order valence-corrected chi connectivity index (χ0v) is 37.1. The maximum atomic E-state index is 2.72. The van der Waals surface area contributed by atoms with Crippen LogP contribution in [0.5, 0.6) is 0 Å². The van der Waals surface area contributed by atoms with Crippen LogP contribution in [0.15, 0.2) is 96.1 Å². The fraction of sp³-hybridized carbons (Fsp3) is 0.391. The zero-order chi connectivity index (χ0) is 34.5. The summed E-state index contributed by atoms with van der Waals surface area (Å²) in [5, 5.41) is 3.54. The smallest absolute Gasteiger partial charge is 1.00 e. The Hall–Kier alpha value is -1.96. The molecule has 0 spiro atoms. The molecule has 4 aromatic carbocycles. The zero-order valence-electron chi connectivity index (χ0n) is 32.1. The number of rotatable bonds is 4. The minimum absolute atomic E-state index is 0. The average molecular weight is 797 g/mol. The molecular weight excluding hydrogens is 743 g/mol. The van der Waals surface area contributed by atoms with Gasteiger partial charge in [-0.15, -0.1) is 0 Å². The Balaban J connectivity index is 0.00000243. The van der Waals surface area contributed by atoms with Gasteiger partial charge in [-0.05, 0) is 0 Å². The number of hydrogen-bond acceptors (Lipinski definition) is 0. The van der Waals surface area contributed by atoms with E-state index in [-0.39, 0.29) is 35.6 Å². The van der Waals surface area contributed by atoms with Crippen molar-refractivity contribution in [2.45, 2.75) is 100 Å². The van der Waals surface area contributed by atoms with E-state index in [0.29, 0.717) is 19.1 Å². The predicted octanol–water partition coefficient (Wildman–Crippen LogP) is 7.14. The van der Waals surface area contributed by atoms with E-state index in [2.05, 4.69) is 167 Å². The first-order chi connectivity index (χ1) is 22.5. The molecular formula is C46H54Cl2SiZr. The van der Waals surface area contributed by atoms with Crippen LogP contribution in [0, 0.1) is 11.8 Å². The Labute approximate surface area is 328 Å². The van der Waals surface area contributed by atoms with Crippen molar-refractivity contribution in [1.82, 2.24) is 0 Å². The summed E-state index contributed by atoms with van der Waals surface area (Å²) >= 11 is -1.02. The first-order valence-electron chi connectivity index (χ1n) is 18.2. The molecule has 2 atom stereocenters. The molecule has 0 nitrogen and oxygen atoms in total. The summed E-state index contributed by atoms with van der Waals surface area (Å²) in [4.78, 5) is 0. The van der Waals surface area contributed by atoms with Crippen molar-refractivity contribution >= 4 is 18.5 Å². The molecule has 260 valence electrons. The Bertz CT molecular complexity index is 1840. The third-order valence-corrected chi connectivity index (χ3v) is 19.7. The van der Waals surface area contributed by atoms with Crippen molar-refractivity contribution in [2.75, 3.05) is 0 Å². The van der Waals surface area contributed by atoms with Gasteiger partial charge in [-0.2, -0.15) is 0 Å². The van der Waals surface area contributed by atoms with Crippen molar-refractivity contribution in [3.8, 4) is 22.3 Å². The van der Waals surface area contributed by atoms with Gasteiger partial charge in [-0.3, -0.25) is 0 Å². The van der Waals surface area contributed by atoms with E-state index in [1.54, 1.807) is 43.8 Å². The summed E-state index contributed by atoms with van der Waals surface area (Å²) in [7, 11) is -2.23. The van der Waals surface area contributed by atoms with Gasteiger partial charge in [0.2, 0.25) is 0 Å². The van der Waals surface area contributed by atoms with E-state index in [1.165, 1.54) is 33.4 Å². The number of fused-ring (bicyclic) bond motifs is 8. The van der Waals surface area contributed by atoms with Crippen molar-refractivity contribution in [1.29, 1.82) is 0 Å². The molecule has 1 heterocycles. The first-order valence-corrected chi connectivity index (χ1v) is 24.1. The Morgan fingerprint density at radius 2 is 0.860 bits per heavy atom. The molecule has 50 heavy (non-hydrogen) atoms. The molecule has 2 unspecified atom stereocenters. The van der Waals surface area contributed by atoms with Crippen molar-refractivity contribution in [3.05, 3.63) is 129 Å². The van der Waals surface area contributed by atoms with Crippen LogP contribution in [-0.2, 0) is 34.1 Å². The van der Waals surface area contributed by atoms with Crippen LogP contribution in [0.3, 0.4) is 0 Å². The van der Waals surface area contributed by atoms with Crippen molar-refractivity contribution in [3.63, 3.8) is 0 Å². The SMILES string of the molecule is CC(C)C1=C2c3c(-c4ccc(C(C)(C)C)cc4)cccc3[CH]1[Zr+2][CH]1C(C(C)C)=C(c3c(-c4ccc(C(C)(C)C)cc4)cccc31)[Si]2(C)C.[Cl-].[Cl-]. The quantitative estimate of drug-likeness (QED) is 0.193. The Morgan fingerprint density at radius 1 is 0.520 bits per heavy atom. The third-order valence-electron chi connectivity index (χ3n) is 11.5. The molecule has 0 radical (unpaired) electrons. The molecule has 0 aromatic heterocycles. The minimum Gasteiger partial charge on any atom is -1.00 e. The molecule has 1 aliphatic heterocycles. The second-order valence-corrected chi connectivity index (χ2v) is 25.7. The third kappa shape index (κ3) is 6.27. The Kier molecular flexibility index (Phi) is 10.8. The van der Waals surface area contributed by atoms with E-state index in [0.717, 1.165) is 0 Å². The van der Waals surface area contributed by atoms with E-state index in [4.69, 9.17) is 0 Å². The molecule has 0 fully saturated rings. The van der Waals surface area contributed by atoms with Gasteiger partial charge < -0.3 is 24.8 Å². The van der Waals surface area contributed by atoms with Gasteiger partial charge >= 0.3 is 306 Å². The fourth-order valence-electron chi connectivity index (χ4n) is 9.11. The van der Waals surface area contributed by atoms with E-state index >= 15 is 0 Å². The van der Waals surface area contributed by atoms with E-state index in [1.807, 2.05) is 0 Å². The monoisotopic (exact) mass is 794 g/mol. The molecule has 3 aliphatic rings. The summed E-state index contributed by atoms with van der Waals surface area (Å²) in [6.45, 7) is 29.3. The van der Waals surface area contributed by atoms with Gasteiger partial charge in [0.25, 0.3) is 0 Å². The fourth-order valence-corrected chi connectivity index (χ4v) is 20.3. The number of halogens is 2. The summed E-state index contributed by atoms with van der Waals surface area (Å²) in [6.07, 6.45) is 0. The van der Waals surface area contributed by atoms with Gasteiger partial charge in [0.1, 0.15) is 0 Å². The normalized spacial score (nSPS) is 18.8. The second kappa shape index (κ2) is 13.8. The van der Waals surface area contributed by atoms with Crippen LogP contribution in [0.2, 0.25) is 13.1 Å². The summed E-state index contributed by atoms with van der Waals surface area (Å²) in [5.41, 5.74) is 18.9. The summed E-state index contributed by atoms with van der Waals surface area (Å²) in [6, 6.07) is 33.8. The maximum Gasteiger partial charge on any atom is -1.00 e. The van der Waals surface area contributed by atoms with Crippen molar-refractivity contribution < 1.29 is 48.0 Å². The maximum absolute atomic E-state index is 2.72. The predicted molar refractivity (Wildman–Crippen MR) is 208 cm³/mol. The van der Waals surface area contributed by atoms with Gasteiger partial charge in [-0.1, -0.05) is 0 Å². The van der Waals surface area contributed by atoms with E-state index < -0.39 is 31.3 Å². The first kappa shape index (κ1) is 39.3. The largest absolute Gasteiger partial charge is 1.00 e. The number of benzene rings is 4. The molecule has 4 bridgehead atoms. The van der Waals surface area contributed by atoms with Gasteiger partial charge in [0.15, 0.2) is 0 Å². The molecule has 0 saturated heterocycles. The van der Waals surface area contributed by atoms with Crippen LogP contribution in [0.4, 0.5) is 0 Å². The van der Waals surface area contributed by atoms with Gasteiger partial charge in [0, 0.05) is 0 Å². The van der Waals surface area contributed by atoms with Crippen LogP contribution in [0.25, 0.3) is 32.6 Å². The van der Waals surface area contributed by atoms with Gasteiger partial charge in [0.05, 0.1) is 0 Å². The van der Waals surface area contributed by atoms with Crippen molar-refractivity contribution in [2.24, 2.45) is 11.8 Å². The second-order valence-electron chi connectivity index (χ2n) is 17.8. The topological polar surface area (TPSA) is 0 Å². The van der Waals surface area contributed by atoms with E-state index in [9.17, 15) is 0 Å². The molecule has 0 amide bonds. The molecule has 2 aliphatic carbocycles.